The molecule has 2 aliphatic rings. The van der Waals surface area contributed by atoms with Gasteiger partial charge in [-0.3, -0.25) is 4.79 Å². The van der Waals surface area contributed by atoms with Crippen molar-refractivity contribution in [1.29, 1.82) is 0 Å². The van der Waals surface area contributed by atoms with Crippen molar-refractivity contribution < 1.29 is 14.3 Å². The van der Waals surface area contributed by atoms with E-state index in [2.05, 4.69) is 6.07 Å². The van der Waals surface area contributed by atoms with Gasteiger partial charge in [-0.25, -0.2) is 4.98 Å². The number of thiazole rings is 1. The van der Waals surface area contributed by atoms with Gasteiger partial charge in [0, 0.05) is 11.4 Å². The number of hydrogen-bond acceptors (Lipinski definition) is 6. The average Bonchev–Trinajstić information content (AvgIpc) is 3.38. The molecule has 7 heteroatoms. The summed E-state index contributed by atoms with van der Waals surface area (Å²) in [7, 11) is 0. The van der Waals surface area contributed by atoms with Crippen LogP contribution in [0.3, 0.4) is 0 Å². The van der Waals surface area contributed by atoms with Gasteiger partial charge in [-0.15, -0.1) is 23.1 Å². The second-order valence-electron chi connectivity index (χ2n) is 6.86. The van der Waals surface area contributed by atoms with Crippen LogP contribution >= 0.6 is 23.1 Å². The summed E-state index contributed by atoms with van der Waals surface area (Å²) < 4.78 is 12.4. The Morgan fingerprint density at radius 1 is 1.18 bits per heavy atom. The highest BCUT2D eigenvalue weighted by Crippen LogP contribution is 2.38. The Kier molecular flexibility index (Phi) is 4.86. The molecule has 1 atom stereocenters. The van der Waals surface area contributed by atoms with E-state index in [-0.39, 0.29) is 11.9 Å². The fraction of sp³-hybridized carbons (Fsp3) is 0.333. The summed E-state index contributed by atoms with van der Waals surface area (Å²) in [6, 6.07) is 14.1. The van der Waals surface area contributed by atoms with Crippen molar-refractivity contribution >= 4 is 39.2 Å². The number of likely N-dealkylation sites (tertiary alicyclic amines) is 1. The number of thioether (sulfide) groups is 1. The molecular weight excluding hydrogens is 392 g/mol. The molecule has 0 radical (unpaired) electrons. The first-order chi connectivity index (χ1) is 13.8. The van der Waals surface area contributed by atoms with Crippen molar-refractivity contribution in [1.82, 2.24) is 9.88 Å². The molecular formula is C21H20N2O3S2. The van der Waals surface area contributed by atoms with Crippen molar-refractivity contribution in [2.24, 2.45) is 0 Å². The quantitative estimate of drug-likeness (QED) is 0.590. The van der Waals surface area contributed by atoms with Gasteiger partial charge in [0.05, 0.1) is 22.0 Å². The molecule has 0 N–H and O–H groups in total. The molecule has 2 aliphatic heterocycles. The minimum Gasteiger partial charge on any atom is -0.486 e. The highest BCUT2D eigenvalue weighted by atomic mass is 32.2. The predicted octanol–water partition coefficient (Wildman–Crippen LogP) is 4.52. The fourth-order valence-corrected chi connectivity index (χ4v) is 5.62. The van der Waals surface area contributed by atoms with Crippen LogP contribution in [0.4, 0.5) is 0 Å². The smallest absolute Gasteiger partial charge is 0.233 e. The van der Waals surface area contributed by atoms with Crippen LogP contribution in [0.2, 0.25) is 0 Å². The zero-order valence-electron chi connectivity index (χ0n) is 15.3. The third-order valence-electron chi connectivity index (χ3n) is 5.04. The Labute approximate surface area is 171 Å². The number of nitrogens with zero attached hydrogens (tertiary/aromatic N) is 2. The summed E-state index contributed by atoms with van der Waals surface area (Å²) in [6.45, 7) is 1.96. The number of carbonyl (C=O) groups excluding carboxylic acids is 1. The van der Waals surface area contributed by atoms with Crippen molar-refractivity contribution in [2.45, 2.75) is 23.8 Å². The second kappa shape index (κ2) is 7.64. The third-order valence-corrected chi connectivity index (χ3v) is 7.16. The molecule has 5 rings (SSSR count). The molecule has 28 heavy (non-hydrogen) atoms. The standard InChI is InChI=1S/C21H20N2O3S2/c24-20(13-27-14-7-8-17-18(12-14)26-11-10-25-17)23-9-3-5-16(23)21-22-15-4-1-2-6-19(15)28-21/h1-2,4,6-8,12,16H,3,5,9-11,13H2/t16-/m1/s1. The van der Waals surface area contributed by atoms with E-state index in [1.807, 2.05) is 41.3 Å². The number of fused-ring (bicyclic) bond motifs is 2. The van der Waals surface area contributed by atoms with E-state index in [0.29, 0.717) is 19.0 Å². The van der Waals surface area contributed by atoms with E-state index in [4.69, 9.17) is 14.5 Å². The van der Waals surface area contributed by atoms with Gasteiger partial charge in [-0.2, -0.15) is 0 Å². The largest absolute Gasteiger partial charge is 0.486 e. The second-order valence-corrected chi connectivity index (χ2v) is 8.97. The van der Waals surface area contributed by atoms with Crippen molar-refractivity contribution in [2.75, 3.05) is 25.5 Å². The highest BCUT2D eigenvalue weighted by Gasteiger charge is 2.32. The van der Waals surface area contributed by atoms with Gasteiger partial charge in [0.2, 0.25) is 5.91 Å². The van der Waals surface area contributed by atoms with Crippen LogP contribution in [0.25, 0.3) is 10.2 Å². The number of carbonyl (C=O) groups is 1. The first kappa shape index (κ1) is 17.8. The summed E-state index contributed by atoms with van der Waals surface area (Å²) in [5, 5.41) is 1.05. The van der Waals surface area contributed by atoms with Gasteiger partial charge in [-0.05, 0) is 43.2 Å². The molecule has 1 aromatic heterocycles. The molecule has 3 aromatic rings. The lowest BCUT2D eigenvalue weighted by Crippen LogP contribution is -2.31. The van der Waals surface area contributed by atoms with E-state index in [9.17, 15) is 4.79 Å². The molecule has 3 heterocycles. The maximum Gasteiger partial charge on any atom is 0.233 e. The SMILES string of the molecule is O=C(CSc1ccc2c(c1)OCCO2)N1CCC[C@@H]1c1nc2ccccc2s1. The molecule has 1 amide bonds. The van der Waals surface area contributed by atoms with E-state index < -0.39 is 0 Å². The monoisotopic (exact) mass is 412 g/mol. The van der Waals surface area contributed by atoms with Crippen LogP contribution in [0, 0.1) is 0 Å². The predicted molar refractivity (Wildman–Crippen MR) is 111 cm³/mol. The Balaban J connectivity index is 1.28. The van der Waals surface area contributed by atoms with Crippen LogP contribution in [-0.2, 0) is 4.79 Å². The Bertz CT molecular complexity index is 987. The normalized spacial score (nSPS) is 18.6. The molecule has 0 bridgehead atoms. The molecule has 0 spiro atoms. The molecule has 1 saturated heterocycles. The van der Waals surface area contributed by atoms with Gasteiger partial charge in [0.1, 0.15) is 18.2 Å². The molecule has 0 saturated carbocycles. The summed E-state index contributed by atoms with van der Waals surface area (Å²) in [4.78, 5) is 20.7. The number of amides is 1. The van der Waals surface area contributed by atoms with Crippen molar-refractivity contribution in [3.05, 3.63) is 47.5 Å². The third kappa shape index (κ3) is 3.44. The molecule has 144 valence electrons. The van der Waals surface area contributed by atoms with Gasteiger partial charge < -0.3 is 14.4 Å². The molecule has 2 aromatic carbocycles. The number of ether oxygens (including phenoxy) is 2. The van der Waals surface area contributed by atoms with Crippen LogP contribution in [-0.4, -0.2) is 41.3 Å². The van der Waals surface area contributed by atoms with Gasteiger partial charge >= 0.3 is 0 Å². The lowest BCUT2D eigenvalue weighted by molar-refractivity contribution is -0.129. The Morgan fingerprint density at radius 2 is 2.04 bits per heavy atom. The summed E-state index contributed by atoms with van der Waals surface area (Å²) in [5.41, 5.74) is 1.02. The van der Waals surface area contributed by atoms with Crippen LogP contribution in [0.5, 0.6) is 11.5 Å². The average molecular weight is 413 g/mol. The van der Waals surface area contributed by atoms with Crippen LogP contribution in [0.1, 0.15) is 23.9 Å². The Morgan fingerprint density at radius 3 is 2.93 bits per heavy atom. The zero-order chi connectivity index (χ0) is 18.9. The lowest BCUT2D eigenvalue weighted by Gasteiger charge is -2.23. The fourth-order valence-electron chi connectivity index (χ4n) is 3.70. The van der Waals surface area contributed by atoms with E-state index in [1.54, 1.807) is 23.1 Å². The minimum absolute atomic E-state index is 0.103. The van der Waals surface area contributed by atoms with Gasteiger partial charge in [0.15, 0.2) is 11.5 Å². The van der Waals surface area contributed by atoms with E-state index in [1.165, 1.54) is 4.70 Å². The van der Waals surface area contributed by atoms with E-state index >= 15 is 0 Å². The topological polar surface area (TPSA) is 51.7 Å². The number of hydrogen-bond donors (Lipinski definition) is 0. The molecule has 5 nitrogen and oxygen atoms in total. The Hall–Kier alpha value is -2.25. The lowest BCUT2D eigenvalue weighted by atomic mass is 10.2. The maximum atomic E-state index is 12.9. The minimum atomic E-state index is 0.103. The van der Waals surface area contributed by atoms with Gasteiger partial charge in [-0.1, -0.05) is 12.1 Å². The number of rotatable bonds is 4. The van der Waals surface area contributed by atoms with Crippen molar-refractivity contribution in [3.8, 4) is 11.5 Å². The number of para-hydroxylation sites is 1. The van der Waals surface area contributed by atoms with Crippen LogP contribution in [0.15, 0.2) is 47.4 Å². The molecule has 0 aliphatic carbocycles. The number of benzene rings is 2. The number of aromatic nitrogens is 1. The first-order valence-corrected chi connectivity index (χ1v) is 11.3. The molecule has 0 unspecified atom stereocenters. The maximum absolute atomic E-state index is 12.9. The summed E-state index contributed by atoms with van der Waals surface area (Å²) >= 11 is 3.25. The highest BCUT2D eigenvalue weighted by molar-refractivity contribution is 8.00. The first-order valence-electron chi connectivity index (χ1n) is 9.45. The summed E-state index contributed by atoms with van der Waals surface area (Å²) in [5.74, 6) is 2.12. The van der Waals surface area contributed by atoms with Gasteiger partial charge in [0.25, 0.3) is 0 Å². The zero-order valence-corrected chi connectivity index (χ0v) is 16.9. The van der Waals surface area contributed by atoms with Crippen LogP contribution < -0.4 is 9.47 Å². The summed E-state index contributed by atoms with van der Waals surface area (Å²) in [6.07, 6.45) is 2.02. The molecule has 1 fully saturated rings. The van der Waals surface area contributed by atoms with Crippen molar-refractivity contribution in [3.63, 3.8) is 0 Å². The van der Waals surface area contributed by atoms with E-state index in [0.717, 1.165) is 46.3 Å².